The average Bonchev–Trinajstić information content (AvgIpc) is 2.87. The van der Waals surface area contributed by atoms with E-state index >= 15 is 0 Å². The first-order valence-electron chi connectivity index (χ1n) is 6.61. The third-order valence-corrected chi connectivity index (χ3v) is 3.78. The van der Waals surface area contributed by atoms with Crippen LogP contribution in [0.5, 0.6) is 5.75 Å². The maximum atomic E-state index is 12.3. The van der Waals surface area contributed by atoms with Crippen molar-refractivity contribution in [1.29, 1.82) is 0 Å². The number of nitrogens with two attached hydrogens (primary N) is 1. The summed E-state index contributed by atoms with van der Waals surface area (Å²) in [6.07, 6.45) is 2.01. The zero-order chi connectivity index (χ0) is 13.3. The Morgan fingerprint density at radius 2 is 2.00 bits per heavy atom. The Balaban J connectivity index is 0.00000147. The van der Waals surface area contributed by atoms with E-state index in [9.17, 15) is 4.79 Å². The Hall–Kier alpha value is -1.30. The Labute approximate surface area is 124 Å². The van der Waals surface area contributed by atoms with E-state index in [4.69, 9.17) is 15.2 Å². The molecule has 110 valence electrons. The van der Waals surface area contributed by atoms with Crippen molar-refractivity contribution < 1.29 is 14.3 Å². The molecule has 0 bridgehead atoms. The molecule has 5 nitrogen and oxygen atoms in total. The van der Waals surface area contributed by atoms with Crippen LogP contribution < -0.4 is 15.8 Å². The minimum Gasteiger partial charge on any atom is -0.493 e. The molecule has 0 saturated carbocycles. The van der Waals surface area contributed by atoms with Gasteiger partial charge in [-0.3, -0.25) is 4.79 Å². The molecule has 2 heterocycles. The smallest absolute Gasteiger partial charge is 0.244 e. The highest BCUT2D eigenvalue weighted by atomic mass is 35.5. The summed E-state index contributed by atoms with van der Waals surface area (Å²) in [5, 5.41) is 2.91. The summed E-state index contributed by atoms with van der Waals surface area (Å²) in [6, 6.07) is 5.71. The summed E-state index contributed by atoms with van der Waals surface area (Å²) < 4.78 is 10.7. The molecule has 0 radical (unpaired) electrons. The molecule has 1 saturated heterocycles. The molecule has 2 aliphatic rings. The molecule has 1 amide bonds. The van der Waals surface area contributed by atoms with Crippen molar-refractivity contribution >= 4 is 24.0 Å². The molecular formula is C14H19ClN2O3. The van der Waals surface area contributed by atoms with Gasteiger partial charge in [-0.05, 0) is 36.6 Å². The number of rotatable bonds is 2. The molecule has 1 fully saturated rings. The number of hydrogen-bond acceptors (Lipinski definition) is 4. The van der Waals surface area contributed by atoms with Gasteiger partial charge in [-0.15, -0.1) is 12.4 Å². The van der Waals surface area contributed by atoms with E-state index in [-0.39, 0.29) is 18.3 Å². The van der Waals surface area contributed by atoms with Crippen molar-refractivity contribution in [3.8, 4) is 5.75 Å². The number of amides is 1. The van der Waals surface area contributed by atoms with Gasteiger partial charge >= 0.3 is 0 Å². The molecule has 3 N–H and O–H groups in total. The molecule has 3 rings (SSSR count). The van der Waals surface area contributed by atoms with Crippen LogP contribution >= 0.6 is 12.4 Å². The van der Waals surface area contributed by atoms with Crippen LogP contribution in [0.15, 0.2) is 18.2 Å². The van der Waals surface area contributed by atoms with Gasteiger partial charge in [0, 0.05) is 25.3 Å². The van der Waals surface area contributed by atoms with Gasteiger partial charge in [0.2, 0.25) is 5.91 Å². The normalized spacial score (nSPS) is 19.4. The molecule has 0 atom stereocenters. The fraction of sp³-hybridized carbons (Fsp3) is 0.500. The summed E-state index contributed by atoms with van der Waals surface area (Å²) in [5.41, 5.74) is 7.25. The number of ether oxygens (including phenoxy) is 2. The number of hydrogen-bond donors (Lipinski definition) is 2. The zero-order valence-electron chi connectivity index (χ0n) is 11.2. The number of anilines is 1. The van der Waals surface area contributed by atoms with Gasteiger partial charge in [-0.25, -0.2) is 0 Å². The minimum absolute atomic E-state index is 0. The van der Waals surface area contributed by atoms with Gasteiger partial charge in [0.25, 0.3) is 0 Å². The number of nitrogens with one attached hydrogen (secondary N) is 1. The Morgan fingerprint density at radius 3 is 2.75 bits per heavy atom. The summed E-state index contributed by atoms with van der Waals surface area (Å²) in [5.74, 6) is 0.779. The highest BCUT2D eigenvalue weighted by Crippen LogP contribution is 2.28. The summed E-state index contributed by atoms with van der Waals surface area (Å²) in [4.78, 5) is 12.3. The molecule has 0 aromatic heterocycles. The zero-order valence-corrected chi connectivity index (χ0v) is 12.0. The van der Waals surface area contributed by atoms with Crippen LogP contribution in [0, 0.1) is 0 Å². The van der Waals surface area contributed by atoms with Gasteiger partial charge in [0.15, 0.2) is 0 Å². The average molecular weight is 299 g/mol. The lowest BCUT2D eigenvalue weighted by molar-refractivity contribution is -0.124. The molecule has 0 aliphatic carbocycles. The fourth-order valence-electron chi connectivity index (χ4n) is 2.48. The van der Waals surface area contributed by atoms with Crippen LogP contribution in [0.3, 0.4) is 0 Å². The molecule has 6 heteroatoms. The molecule has 1 aromatic rings. The summed E-state index contributed by atoms with van der Waals surface area (Å²) in [6.45, 7) is 1.80. The standard InChI is InChI=1S/C14H18N2O3.ClH/c15-14(4-7-18-8-5-14)13(17)16-11-1-2-12-10(9-11)3-6-19-12;/h1-2,9H,3-8,15H2,(H,16,17);1H. The Kier molecular flexibility index (Phi) is 4.52. The minimum atomic E-state index is -0.812. The second-order valence-corrected chi connectivity index (χ2v) is 5.14. The van der Waals surface area contributed by atoms with Gasteiger partial charge in [-0.2, -0.15) is 0 Å². The van der Waals surface area contributed by atoms with E-state index in [1.54, 1.807) is 0 Å². The number of carbonyl (C=O) groups excluding carboxylic acids is 1. The summed E-state index contributed by atoms with van der Waals surface area (Å²) >= 11 is 0. The lowest BCUT2D eigenvalue weighted by atomic mass is 9.90. The van der Waals surface area contributed by atoms with Crippen LogP contribution in [-0.2, 0) is 16.0 Å². The van der Waals surface area contributed by atoms with Crippen LogP contribution in [0.1, 0.15) is 18.4 Å². The Bertz CT molecular complexity index is 501. The predicted octanol–water partition coefficient (Wildman–Crippen LogP) is 1.49. The van der Waals surface area contributed by atoms with Gasteiger partial charge in [-0.1, -0.05) is 0 Å². The van der Waals surface area contributed by atoms with Crippen molar-refractivity contribution in [2.75, 3.05) is 25.1 Å². The van der Waals surface area contributed by atoms with E-state index in [1.165, 1.54) is 0 Å². The van der Waals surface area contributed by atoms with Gasteiger partial charge in [0.05, 0.1) is 6.61 Å². The highest BCUT2D eigenvalue weighted by molar-refractivity contribution is 5.98. The number of fused-ring (bicyclic) bond motifs is 1. The lowest BCUT2D eigenvalue weighted by Crippen LogP contribution is -2.54. The number of halogens is 1. The second kappa shape index (κ2) is 5.99. The fourth-order valence-corrected chi connectivity index (χ4v) is 2.48. The third-order valence-electron chi connectivity index (χ3n) is 3.78. The molecule has 20 heavy (non-hydrogen) atoms. The number of benzene rings is 1. The monoisotopic (exact) mass is 298 g/mol. The molecule has 0 unspecified atom stereocenters. The molecular weight excluding hydrogens is 280 g/mol. The van der Waals surface area contributed by atoms with Gasteiger partial charge < -0.3 is 20.5 Å². The van der Waals surface area contributed by atoms with Crippen LogP contribution in [-0.4, -0.2) is 31.3 Å². The van der Waals surface area contributed by atoms with E-state index in [0.717, 1.165) is 23.4 Å². The van der Waals surface area contributed by atoms with Crippen molar-refractivity contribution in [2.45, 2.75) is 24.8 Å². The van der Waals surface area contributed by atoms with Crippen molar-refractivity contribution in [3.63, 3.8) is 0 Å². The van der Waals surface area contributed by atoms with E-state index in [0.29, 0.717) is 32.7 Å². The van der Waals surface area contributed by atoms with E-state index in [2.05, 4.69) is 5.32 Å². The van der Waals surface area contributed by atoms with Crippen LogP contribution in [0.25, 0.3) is 0 Å². The lowest BCUT2D eigenvalue weighted by Gasteiger charge is -2.31. The second-order valence-electron chi connectivity index (χ2n) is 5.14. The summed E-state index contributed by atoms with van der Waals surface area (Å²) in [7, 11) is 0. The van der Waals surface area contributed by atoms with E-state index < -0.39 is 5.54 Å². The quantitative estimate of drug-likeness (QED) is 0.867. The molecule has 1 aromatic carbocycles. The van der Waals surface area contributed by atoms with Crippen LogP contribution in [0.4, 0.5) is 5.69 Å². The maximum Gasteiger partial charge on any atom is 0.244 e. The Morgan fingerprint density at radius 1 is 1.25 bits per heavy atom. The van der Waals surface area contributed by atoms with Gasteiger partial charge in [0.1, 0.15) is 11.3 Å². The topological polar surface area (TPSA) is 73.6 Å². The SMILES string of the molecule is Cl.NC1(C(=O)Nc2ccc3c(c2)CCO3)CCOCC1. The van der Waals surface area contributed by atoms with Crippen molar-refractivity contribution in [2.24, 2.45) is 5.73 Å². The maximum absolute atomic E-state index is 12.3. The first-order valence-corrected chi connectivity index (χ1v) is 6.61. The van der Waals surface area contributed by atoms with E-state index in [1.807, 2.05) is 18.2 Å². The molecule has 2 aliphatic heterocycles. The first kappa shape index (κ1) is 15.1. The van der Waals surface area contributed by atoms with Crippen molar-refractivity contribution in [3.05, 3.63) is 23.8 Å². The number of carbonyl (C=O) groups is 1. The van der Waals surface area contributed by atoms with Crippen LogP contribution in [0.2, 0.25) is 0 Å². The first-order chi connectivity index (χ1) is 9.17. The highest BCUT2D eigenvalue weighted by Gasteiger charge is 2.36. The third kappa shape index (κ3) is 2.90. The van der Waals surface area contributed by atoms with Crippen molar-refractivity contribution in [1.82, 2.24) is 0 Å². The molecule has 0 spiro atoms. The predicted molar refractivity (Wildman–Crippen MR) is 78.5 cm³/mol. The largest absolute Gasteiger partial charge is 0.493 e.